The van der Waals surface area contributed by atoms with E-state index >= 15 is 0 Å². The Bertz CT molecular complexity index is 560. The molecule has 6 heteroatoms. The van der Waals surface area contributed by atoms with E-state index in [1.165, 1.54) is 18.2 Å². The Morgan fingerprint density at radius 3 is 2.29 bits per heavy atom. The molecular weight excluding hydrogens is 303 g/mol. The fourth-order valence-corrected chi connectivity index (χ4v) is 1.73. The number of benzene rings is 2. The lowest BCUT2D eigenvalue weighted by Crippen LogP contribution is -2.28. The van der Waals surface area contributed by atoms with Crippen LogP contribution in [0.4, 0.5) is 13.2 Å². The van der Waals surface area contributed by atoms with Gasteiger partial charge >= 0.3 is 6.18 Å². The van der Waals surface area contributed by atoms with E-state index in [0.29, 0.717) is 12.4 Å². The van der Waals surface area contributed by atoms with Gasteiger partial charge in [0, 0.05) is 0 Å². The summed E-state index contributed by atoms with van der Waals surface area (Å²) in [6.45, 7) is 0.297. The van der Waals surface area contributed by atoms with E-state index in [9.17, 15) is 13.2 Å². The zero-order valence-corrected chi connectivity index (χ0v) is 11.8. The second-order valence-corrected chi connectivity index (χ2v) is 4.37. The quantitative estimate of drug-likeness (QED) is 0.915. The zero-order chi connectivity index (χ0) is 14.6. The van der Waals surface area contributed by atoms with Crippen molar-refractivity contribution in [3.63, 3.8) is 0 Å². The van der Waals surface area contributed by atoms with Crippen molar-refractivity contribution < 1.29 is 17.9 Å². The predicted molar refractivity (Wildman–Crippen MR) is 77.4 cm³/mol. The summed E-state index contributed by atoms with van der Waals surface area (Å²) in [5, 5.41) is 0. The van der Waals surface area contributed by atoms with Crippen LogP contribution in [0.3, 0.4) is 0 Å². The fraction of sp³-hybridized carbons (Fsp3) is 0.200. The predicted octanol–water partition coefficient (Wildman–Crippen LogP) is 4.25. The standard InChI is InChI=1S/C15H14F3NO.ClH/c16-15(17,18)14(19)12-7-4-8-13(9-12)20-10-11-5-2-1-3-6-11;/h1-9,14H,10,19H2;1H/t14-;/m0./s1. The van der Waals surface area contributed by atoms with Gasteiger partial charge in [-0.1, -0.05) is 42.5 Å². The maximum Gasteiger partial charge on any atom is 0.407 e. The maximum atomic E-state index is 12.6. The van der Waals surface area contributed by atoms with Crippen LogP contribution >= 0.6 is 12.4 Å². The minimum absolute atomic E-state index is 0. The first-order chi connectivity index (χ1) is 9.47. The van der Waals surface area contributed by atoms with Crippen LogP contribution in [0, 0.1) is 0 Å². The number of alkyl halides is 3. The monoisotopic (exact) mass is 317 g/mol. The maximum absolute atomic E-state index is 12.6. The molecule has 2 aromatic carbocycles. The molecular formula is C15H15ClF3NO. The molecule has 0 aromatic heterocycles. The molecule has 0 radical (unpaired) electrons. The summed E-state index contributed by atoms with van der Waals surface area (Å²) < 4.78 is 43.1. The van der Waals surface area contributed by atoms with E-state index in [4.69, 9.17) is 10.5 Å². The van der Waals surface area contributed by atoms with Crippen LogP contribution in [-0.2, 0) is 6.61 Å². The minimum atomic E-state index is -4.46. The molecule has 0 aliphatic heterocycles. The van der Waals surface area contributed by atoms with E-state index in [1.54, 1.807) is 6.07 Å². The Balaban J connectivity index is 0.00000220. The number of halogens is 4. The lowest BCUT2D eigenvalue weighted by atomic mass is 10.1. The van der Waals surface area contributed by atoms with Crippen molar-refractivity contribution in [2.75, 3.05) is 0 Å². The van der Waals surface area contributed by atoms with Gasteiger partial charge in [-0.3, -0.25) is 0 Å². The molecule has 0 aliphatic carbocycles. The average molecular weight is 318 g/mol. The molecule has 0 spiro atoms. The van der Waals surface area contributed by atoms with Gasteiger partial charge in [0.25, 0.3) is 0 Å². The van der Waals surface area contributed by atoms with Crippen molar-refractivity contribution in [1.29, 1.82) is 0 Å². The van der Waals surface area contributed by atoms with Crippen molar-refractivity contribution >= 4 is 12.4 Å². The van der Waals surface area contributed by atoms with Crippen LogP contribution < -0.4 is 10.5 Å². The summed E-state index contributed by atoms with van der Waals surface area (Å²) >= 11 is 0. The molecule has 0 amide bonds. The topological polar surface area (TPSA) is 35.2 Å². The first-order valence-electron chi connectivity index (χ1n) is 6.06. The normalized spacial score (nSPS) is 12.4. The Morgan fingerprint density at radius 2 is 1.67 bits per heavy atom. The van der Waals surface area contributed by atoms with Gasteiger partial charge in [0.15, 0.2) is 0 Å². The van der Waals surface area contributed by atoms with Crippen LogP contribution in [0.2, 0.25) is 0 Å². The molecule has 21 heavy (non-hydrogen) atoms. The third-order valence-electron chi connectivity index (χ3n) is 2.82. The summed E-state index contributed by atoms with van der Waals surface area (Å²) in [5.41, 5.74) is 6.10. The van der Waals surface area contributed by atoms with E-state index in [2.05, 4.69) is 0 Å². The van der Waals surface area contributed by atoms with Crippen LogP contribution in [0.1, 0.15) is 17.2 Å². The van der Waals surface area contributed by atoms with E-state index in [0.717, 1.165) is 5.56 Å². The lowest BCUT2D eigenvalue weighted by Gasteiger charge is -2.16. The molecule has 114 valence electrons. The second kappa shape index (κ2) is 7.33. The highest BCUT2D eigenvalue weighted by Crippen LogP contribution is 2.31. The lowest BCUT2D eigenvalue weighted by molar-refractivity contribution is -0.149. The van der Waals surface area contributed by atoms with Crippen molar-refractivity contribution in [3.05, 3.63) is 65.7 Å². The van der Waals surface area contributed by atoms with Crippen molar-refractivity contribution in [1.82, 2.24) is 0 Å². The smallest absolute Gasteiger partial charge is 0.407 e. The molecule has 0 fully saturated rings. The van der Waals surface area contributed by atoms with Crippen molar-refractivity contribution in [2.24, 2.45) is 5.73 Å². The molecule has 0 bridgehead atoms. The SMILES string of the molecule is Cl.N[C@@H](c1cccc(OCc2ccccc2)c1)C(F)(F)F. The summed E-state index contributed by atoms with van der Waals surface area (Å²) in [6, 6.07) is 13.2. The van der Waals surface area contributed by atoms with Crippen molar-refractivity contribution in [3.8, 4) is 5.75 Å². The minimum Gasteiger partial charge on any atom is -0.489 e. The first kappa shape index (κ1) is 17.3. The Labute approximate surface area is 127 Å². The first-order valence-corrected chi connectivity index (χ1v) is 6.06. The van der Waals surface area contributed by atoms with Crippen molar-refractivity contribution in [2.45, 2.75) is 18.8 Å². The largest absolute Gasteiger partial charge is 0.489 e. The Morgan fingerprint density at radius 1 is 1.00 bits per heavy atom. The molecule has 0 heterocycles. The van der Waals surface area contributed by atoms with Gasteiger partial charge in [-0.05, 0) is 23.3 Å². The van der Waals surface area contributed by atoms with Crippen LogP contribution in [0.5, 0.6) is 5.75 Å². The van der Waals surface area contributed by atoms with Gasteiger partial charge in [0.1, 0.15) is 18.4 Å². The third kappa shape index (κ3) is 4.95. The van der Waals surface area contributed by atoms with Crippen LogP contribution in [0.25, 0.3) is 0 Å². The van der Waals surface area contributed by atoms with E-state index in [-0.39, 0.29) is 18.0 Å². The number of rotatable bonds is 4. The molecule has 2 nitrogen and oxygen atoms in total. The summed E-state index contributed by atoms with van der Waals surface area (Å²) in [7, 11) is 0. The highest BCUT2D eigenvalue weighted by Gasteiger charge is 2.37. The van der Waals surface area contributed by atoms with Gasteiger partial charge in [-0.25, -0.2) is 0 Å². The van der Waals surface area contributed by atoms with Gasteiger partial charge in [0.05, 0.1) is 0 Å². The third-order valence-corrected chi connectivity index (χ3v) is 2.82. The molecule has 0 unspecified atom stereocenters. The van der Waals surface area contributed by atoms with Crippen LogP contribution in [-0.4, -0.2) is 6.18 Å². The highest BCUT2D eigenvalue weighted by molar-refractivity contribution is 5.85. The molecule has 2 aromatic rings. The molecule has 1 atom stereocenters. The van der Waals surface area contributed by atoms with Crippen LogP contribution in [0.15, 0.2) is 54.6 Å². The summed E-state index contributed by atoms with van der Waals surface area (Å²) in [5.74, 6) is 0.367. The molecule has 2 N–H and O–H groups in total. The summed E-state index contributed by atoms with van der Waals surface area (Å²) in [4.78, 5) is 0. The number of hydrogen-bond acceptors (Lipinski definition) is 2. The van der Waals surface area contributed by atoms with Gasteiger partial charge < -0.3 is 10.5 Å². The second-order valence-electron chi connectivity index (χ2n) is 4.37. The van der Waals surface area contributed by atoms with Gasteiger partial charge in [-0.15, -0.1) is 12.4 Å². The molecule has 0 saturated heterocycles. The highest BCUT2D eigenvalue weighted by atomic mass is 35.5. The van der Waals surface area contributed by atoms with Gasteiger partial charge in [0.2, 0.25) is 0 Å². The average Bonchev–Trinajstić information content (AvgIpc) is 2.45. The molecule has 0 aliphatic rings. The van der Waals surface area contributed by atoms with Gasteiger partial charge in [-0.2, -0.15) is 13.2 Å². The number of nitrogens with two attached hydrogens (primary N) is 1. The molecule has 2 rings (SSSR count). The molecule has 0 saturated carbocycles. The van der Waals surface area contributed by atoms with E-state index in [1.807, 2.05) is 30.3 Å². The Hall–Kier alpha value is -1.72. The number of ether oxygens (including phenoxy) is 1. The number of hydrogen-bond donors (Lipinski definition) is 1. The zero-order valence-electron chi connectivity index (χ0n) is 11.0. The fourth-order valence-electron chi connectivity index (χ4n) is 1.73. The van der Waals surface area contributed by atoms with E-state index < -0.39 is 12.2 Å². The Kier molecular flexibility index (Phi) is 6.05. The summed E-state index contributed by atoms with van der Waals surface area (Å²) in [6.07, 6.45) is -4.46.